The van der Waals surface area contributed by atoms with Crippen LogP contribution in [0.5, 0.6) is 0 Å². The van der Waals surface area contributed by atoms with Gasteiger partial charge in [0.2, 0.25) is 10.0 Å². The van der Waals surface area contributed by atoms with Crippen LogP contribution in [-0.2, 0) is 24.1 Å². The average molecular weight is 465 g/mol. The number of sulfonamides is 1. The van der Waals surface area contributed by atoms with E-state index in [2.05, 4.69) is 14.9 Å². The fraction of sp³-hybridized carbons (Fsp3) is 0.450. The number of piperazine rings is 1. The van der Waals surface area contributed by atoms with Crippen molar-refractivity contribution in [2.45, 2.75) is 0 Å². The number of nitrogens with one attached hydrogen (secondary N) is 2. The smallest absolute Gasteiger partial charge is 0.332 e. The lowest BCUT2D eigenvalue weighted by Crippen LogP contribution is -2.50. The van der Waals surface area contributed by atoms with Crippen LogP contribution in [0.3, 0.4) is 0 Å². The Morgan fingerprint density at radius 2 is 1.62 bits per heavy atom. The number of amides is 1. The standard InChI is InChI=1S/C20H28N6O5S/c1-23-17(14-18(27)24(2)20(23)29)26-12-10-25(11-13-26)9-8-21-19(28)15-4-6-16(7-5-15)22-32(3,30)31/h4-7,14,22H,8-13H2,1-3H3,(H,21,28). The lowest BCUT2D eigenvalue weighted by atomic mass is 10.2. The van der Waals surface area contributed by atoms with E-state index in [4.69, 9.17) is 0 Å². The van der Waals surface area contributed by atoms with E-state index in [1.165, 1.54) is 17.7 Å². The van der Waals surface area contributed by atoms with Gasteiger partial charge in [0, 0.05) is 70.7 Å². The second-order valence-electron chi connectivity index (χ2n) is 7.78. The van der Waals surface area contributed by atoms with E-state index in [1.807, 2.05) is 4.90 Å². The molecular weight excluding hydrogens is 436 g/mol. The Labute approximate surface area is 186 Å². The third-order valence-corrected chi connectivity index (χ3v) is 5.97. The second kappa shape index (κ2) is 9.57. The van der Waals surface area contributed by atoms with Crippen molar-refractivity contribution in [1.82, 2.24) is 19.4 Å². The van der Waals surface area contributed by atoms with Crippen molar-refractivity contribution in [3.63, 3.8) is 0 Å². The molecule has 1 aromatic heterocycles. The number of aromatic nitrogens is 2. The van der Waals surface area contributed by atoms with Crippen LogP contribution in [-0.4, -0.2) is 73.9 Å². The molecule has 0 saturated carbocycles. The summed E-state index contributed by atoms with van der Waals surface area (Å²) < 4.78 is 27.4. The predicted molar refractivity (Wildman–Crippen MR) is 123 cm³/mol. The predicted octanol–water partition coefficient (Wildman–Crippen LogP) is -0.992. The highest BCUT2D eigenvalue weighted by atomic mass is 32.2. The van der Waals surface area contributed by atoms with E-state index in [9.17, 15) is 22.8 Å². The normalized spacial score (nSPS) is 14.9. The van der Waals surface area contributed by atoms with Gasteiger partial charge in [0.05, 0.1) is 6.26 Å². The first-order chi connectivity index (χ1) is 15.0. The molecule has 1 fully saturated rings. The molecule has 12 heteroatoms. The van der Waals surface area contributed by atoms with Gasteiger partial charge in [-0.3, -0.25) is 28.3 Å². The van der Waals surface area contributed by atoms with Crippen molar-refractivity contribution >= 4 is 27.4 Å². The van der Waals surface area contributed by atoms with Crippen molar-refractivity contribution in [1.29, 1.82) is 0 Å². The second-order valence-corrected chi connectivity index (χ2v) is 9.53. The number of rotatable bonds is 7. The van der Waals surface area contributed by atoms with Gasteiger partial charge >= 0.3 is 5.69 Å². The van der Waals surface area contributed by atoms with Gasteiger partial charge in [0.15, 0.2) is 0 Å². The maximum Gasteiger partial charge on any atom is 0.332 e. The molecule has 2 aromatic rings. The molecule has 174 valence electrons. The third kappa shape index (κ3) is 5.77. The van der Waals surface area contributed by atoms with Crippen LogP contribution in [0.25, 0.3) is 0 Å². The summed E-state index contributed by atoms with van der Waals surface area (Å²) in [6.07, 6.45) is 1.06. The lowest BCUT2D eigenvalue weighted by molar-refractivity contribution is 0.0947. The van der Waals surface area contributed by atoms with Gasteiger partial charge in [-0.25, -0.2) is 13.2 Å². The average Bonchev–Trinajstić information content (AvgIpc) is 2.74. The Morgan fingerprint density at radius 1 is 1.00 bits per heavy atom. The van der Waals surface area contributed by atoms with Crippen molar-refractivity contribution in [2.75, 3.05) is 55.1 Å². The molecule has 1 saturated heterocycles. The van der Waals surface area contributed by atoms with Gasteiger partial charge in [-0.05, 0) is 24.3 Å². The van der Waals surface area contributed by atoms with Crippen LogP contribution in [0.15, 0.2) is 39.9 Å². The number of nitrogens with zero attached hydrogens (tertiary/aromatic N) is 4. The highest BCUT2D eigenvalue weighted by Crippen LogP contribution is 2.13. The summed E-state index contributed by atoms with van der Waals surface area (Å²) in [6, 6.07) is 7.69. The van der Waals surface area contributed by atoms with Crippen molar-refractivity contribution in [3.8, 4) is 0 Å². The van der Waals surface area contributed by atoms with E-state index >= 15 is 0 Å². The van der Waals surface area contributed by atoms with Crippen LogP contribution >= 0.6 is 0 Å². The molecule has 0 radical (unpaired) electrons. The molecule has 0 aliphatic carbocycles. The summed E-state index contributed by atoms with van der Waals surface area (Å²) in [5.74, 6) is 0.379. The summed E-state index contributed by atoms with van der Waals surface area (Å²) in [5, 5.41) is 2.86. The Bertz CT molecular complexity index is 1190. The van der Waals surface area contributed by atoms with E-state index < -0.39 is 10.0 Å². The van der Waals surface area contributed by atoms with Crippen molar-refractivity contribution < 1.29 is 13.2 Å². The topological polar surface area (TPSA) is 126 Å². The number of hydrogen-bond acceptors (Lipinski definition) is 7. The zero-order chi connectivity index (χ0) is 23.5. The summed E-state index contributed by atoms with van der Waals surface area (Å²) in [4.78, 5) is 40.6. The maximum atomic E-state index is 12.3. The lowest BCUT2D eigenvalue weighted by Gasteiger charge is -2.36. The number of anilines is 2. The molecule has 0 bridgehead atoms. The van der Waals surface area contributed by atoms with Crippen molar-refractivity contribution in [2.24, 2.45) is 14.1 Å². The van der Waals surface area contributed by atoms with Gasteiger partial charge in [0.1, 0.15) is 5.82 Å². The molecule has 32 heavy (non-hydrogen) atoms. The Hall–Kier alpha value is -3.12. The summed E-state index contributed by atoms with van der Waals surface area (Å²) in [5.41, 5.74) is 0.169. The first-order valence-corrected chi connectivity index (χ1v) is 12.0. The Morgan fingerprint density at radius 3 is 2.22 bits per heavy atom. The molecule has 1 aromatic carbocycles. The molecule has 0 unspecified atom stereocenters. The molecule has 2 N–H and O–H groups in total. The minimum atomic E-state index is -3.36. The molecule has 2 heterocycles. The van der Waals surface area contributed by atoms with Crippen LogP contribution in [0.4, 0.5) is 11.5 Å². The van der Waals surface area contributed by atoms with E-state index in [1.54, 1.807) is 31.3 Å². The van der Waals surface area contributed by atoms with E-state index in [-0.39, 0.29) is 17.2 Å². The molecule has 1 aliphatic heterocycles. The first kappa shape index (κ1) is 23.5. The van der Waals surface area contributed by atoms with Crippen molar-refractivity contribution in [3.05, 3.63) is 56.7 Å². The van der Waals surface area contributed by atoms with Crippen LogP contribution in [0, 0.1) is 0 Å². The number of carbonyl (C=O) groups is 1. The minimum absolute atomic E-state index is 0.232. The number of carbonyl (C=O) groups excluding carboxylic acids is 1. The molecule has 1 aliphatic rings. The summed E-state index contributed by atoms with van der Waals surface area (Å²) >= 11 is 0. The fourth-order valence-electron chi connectivity index (χ4n) is 3.56. The summed E-state index contributed by atoms with van der Waals surface area (Å²) in [7, 11) is -0.245. The van der Waals surface area contributed by atoms with Gasteiger partial charge in [0.25, 0.3) is 11.5 Å². The highest BCUT2D eigenvalue weighted by molar-refractivity contribution is 7.92. The molecule has 0 spiro atoms. The zero-order valence-corrected chi connectivity index (χ0v) is 19.2. The monoisotopic (exact) mass is 464 g/mol. The molecule has 3 rings (SSSR count). The fourth-order valence-corrected chi connectivity index (χ4v) is 4.12. The van der Waals surface area contributed by atoms with Crippen LogP contribution < -0.4 is 26.2 Å². The maximum absolute atomic E-state index is 12.3. The van der Waals surface area contributed by atoms with Crippen LogP contribution in [0.2, 0.25) is 0 Å². The van der Waals surface area contributed by atoms with Gasteiger partial charge in [-0.15, -0.1) is 0 Å². The third-order valence-electron chi connectivity index (χ3n) is 5.36. The summed E-state index contributed by atoms with van der Waals surface area (Å²) in [6.45, 7) is 3.96. The van der Waals surface area contributed by atoms with Gasteiger partial charge < -0.3 is 10.2 Å². The highest BCUT2D eigenvalue weighted by Gasteiger charge is 2.20. The largest absolute Gasteiger partial charge is 0.355 e. The Kier molecular flexibility index (Phi) is 7.04. The minimum Gasteiger partial charge on any atom is -0.355 e. The van der Waals surface area contributed by atoms with E-state index in [0.717, 1.165) is 23.9 Å². The Balaban J connectivity index is 1.47. The molecule has 1 amide bonds. The molecular formula is C20H28N6O5S. The van der Waals surface area contributed by atoms with Crippen LogP contribution in [0.1, 0.15) is 10.4 Å². The quantitative estimate of drug-likeness (QED) is 0.539. The van der Waals surface area contributed by atoms with E-state index in [0.29, 0.717) is 43.2 Å². The number of hydrogen-bond donors (Lipinski definition) is 2. The molecule has 11 nitrogen and oxygen atoms in total. The zero-order valence-electron chi connectivity index (χ0n) is 18.4. The van der Waals surface area contributed by atoms with Gasteiger partial charge in [-0.2, -0.15) is 0 Å². The SMILES string of the molecule is Cn1c(N2CCN(CCNC(=O)c3ccc(NS(C)(=O)=O)cc3)CC2)cc(=O)n(C)c1=O. The van der Waals surface area contributed by atoms with Gasteiger partial charge in [-0.1, -0.05) is 0 Å². The molecule has 0 atom stereocenters. The first-order valence-electron chi connectivity index (χ1n) is 10.2. The number of benzene rings is 1.